The second-order valence-electron chi connectivity index (χ2n) is 6.65. The van der Waals surface area contributed by atoms with Crippen LogP contribution in [0.25, 0.3) is 0 Å². The molecule has 0 heterocycles. The van der Waals surface area contributed by atoms with Gasteiger partial charge in [0.1, 0.15) is 0 Å². The second kappa shape index (κ2) is 11.8. The van der Waals surface area contributed by atoms with E-state index in [1.165, 1.54) is 21.6 Å². The van der Waals surface area contributed by atoms with Crippen LogP contribution in [-0.4, -0.2) is 10.3 Å². The largest absolute Gasteiger partial charge is 0.334 e. The van der Waals surface area contributed by atoms with E-state index in [4.69, 9.17) is 9.98 Å². The number of hydrogen-bond donors (Lipinski definition) is 2. The zero-order chi connectivity index (χ0) is 21.8. The monoisotopic (exact) mass is 454 g/mol. The molecule has 4 nitrogen and oxygen atoms in total. The van der Waals surface area contributed by atoms with Gasteiger partial charge in [-0.1, -0.05) is 72.8 Å². The van der Waals surface area contributed by atoms with E-state index in [2.05, 4.69) is 10.6 Å². The van der Waals surface area contributed by atoms with Gasteiger partial charge in [0.2, 0.25) is 0 Å². The molecule has 0 amide bonds. The van der Waals surface area contributed by atoms with E-state index in [9.17, 15) is 0 Å². The first-order valence-corrected chi connectivity index (χ1v) is 12.3. The molecule has 0 saturated carbocycles. The Labute approximate surface area is 196 Å². The van der Waals surface area contributed by atoms with Crippen molar-refractivity contribution in [3.8, 4) is 0 Å². The third-order valence-corrected chi connectivity index (χ3v) is 6.21. The summed E-state index contributed by atoms with van der Waals surface area (Å²) in [5.74, 6) is 0. The van der Waals surface area contributed by atoms with Crippen molar-refractivity contribution >= 4 is 54.7 Å². The Hall–Kier alpha value is -3.48. The maximum Gasteiger partial charge on any atom is 0.177 e. The van der Waals surface area contributed by atoms with E-state index in [0.717, 1.165) is 33.1 Å². The molecule has 4 aromatic carbocycles. The second-order valence-corrected chi connectivity index (χ2v) is 8.76. The predicted molar refractivity (Wildman–Crippen MR) is 142 cm³/mol. The Morgan fingerprint density at radius 3 is 1.09 bits per heavy atom. The van der Waals surface area contributed by atoms with Gasteiger partial charge in [-0.3, -0.25) is 0 Å². The molecule has 0 bridgehead atoms. The minimum atomic E-state index is 0.767. The molecule has 4 rings (SSSR count). The number of amidine groups is 2. The summed E-state index contributed by atoms with van der Waals surface area (Å²) in [6.07, 6.45) is 0. The Bertz CT molecular complexity index is 1050. The molecule has 0 radical (unpaired) electrons. The van der Waals surface area contributed by atoms with E-state index in [-0.39, 0.29) is 0 Å². The number of para-hydroxylation sites is 4. The van der Waals surface area contributed by atoms with Crippen molar-refractivity contribution in [2.45, 2.75) is 0 Å². The molecule has 2 N–H and O–H groups in total. The van der Waals surface area contributed by atoms with E-state index < -0.39 is 0 Å². The number of benzene rings is 4. The fraction of sp³-hybridized carbons (Fsp3) is 0. The van der Waals surface area contributed by atoms with Crippen LogP contribution < -0.4 is 10.6 Å². The first-order chi connectivity index (χ1) is 15.8. The molecule has 0 aromatic heterocycles. The van der Waals surface area contributed by atoms with Crippen LogP contribution >= 0.6 is 21.6 Å². The molecule has 0 aliphatic rings. The highest BCUT2D eigenvalue weighted by atomic mass is 33.1. The summed E-state index contributed by atoms with van der Waals surface area (Å²) in [5.41, 5.74) is 3.73. The lowest BCUT2D eigenvalue weighted by Crippen LogP contribution is -2.10. The van der Waals surface area contributed by atoms with Gasteiger partial charge in [-0.15, -0.1) is 0 Å². The van der Waals surface area contributed by atoms with Crippen LogP contribution in [0.2, 0.25) is 0 Å². The van der Waals surface area contributed by atoms with E-state index in [0.29, 0.717) is 0 Å². The smallest absolute Gasteiger partial charge is 0.177 e. The van der Waals surface area contributed by atoms with E-state index in [1.807, 2.05) is 121 Å². The maximum atomic E-state index is 4.80. The lowest BCUT2D eigenvalue weighted by Gasteiger charge is -2.12. The third-order valence-electron chi connectivity index (χ3n) is 4.22. The summed E-state index contributed by atoms with van der Waals surface area (Å²) in [5, 5.41) is 8.37. The van der Waals surface area contributed by atoms with E-state index in [1.54, 1.807) is 0 Å². The highest BCUT2D eigenvalue weighted by Gasteiger charge is 2.09. The van der Waals surface area contributed by atoms with Crippen LogP contribution in [0.4, 0.5) is 22.7 Å². The molecule has 0 fully saturated rings. The van der Waals surface area contributed by atoms with Gasteiger partial charge in [0.15, 0.2) is 10.3 Å². The molecular formula is C26H22N4S2. The number of nitrogens with one attached hydrogen (secondary N) is 2. The van der Waals surface area contributed by atoms with Crippen LogP contribution in [0.3, 0.4) is 0 Å². The Morgan fingerprint density at radius 1 is 0.438 bits per heavy atom. The van der Waals surface area contributed by atoms with Gasteiger partial charge in [-0.25, -0.2) is 9.98 Å². The summed E-state index contributed by atoms with van der Waals surface area (Å²) < 4.78 is 0. The van der Waals surface area contributed by atoms with Crippen molar-refractivity contribution in [2.24, 2.45) is 9.98 Å². The van der Waals surface area contributed by atoms with Gasteiger partial charge in [0.25, 0.3) is 0 Å². The molecule has 0 aliphatic heterocycles. The molecular weight excluding hydrogens is 432 g/mol. The molecule has 0 aliphatic carbocycles. The standard InChI is InChI=1S/C26H22N4S2/c1-5-13-21(14-6-1)27-25(28-22-15-7-2-8-16-22)31-32-26(29-23-17-9-3-10-18-23)30-24-19-11-4-12-20-24/h1-20H,(H,27,28)(H,29,30). The molecule has 0 unspecified atom stereocenters. The van der Waals surface area contributed by atoms with Crippen molar-refractivity contribution in [2.75, 3.05) is 10.6 Å². The van der Waals surface area contributed by atoms with Crippen LogP contribution in [0.1, 0.15) is 0 Å². The van der Waals surface area contributed by atoms with Crippen LogP contribution in [0, 0.1) is 0 Å². The molecule has 4 aromatic rings. The minimum Gasteiger partial charge on any atom is -0.334 e. The van der Waals surface area contributed by atoms with Gasteiger partial charge in [0, 0.05) is 11.4 Å². The summed E-state index contributed by atoms with van der Waals surface area (Å²) in [6.45, 7) is 0. The molecule has 32 heavy (non-hydrogen) atoms. The normalized spacial score (nSPS) is 11.8. The maximum absolute atomic E-state index is 4.80. The summed E-state index contributed by atoms with van der Waals surface area (Å²) in [7, 11) is 3.04. The van der Waals surface area contributed by atoms with Crippen molar-refractivity contribution in [3.63, 3.8) is 0 Å². The van der Waals surface area contributed by atoms with Crippen LogP contribution in [0.15, 0.2) is 131 Å². The number of hydrogen-bond acceptors (Lipinski definition) is 4. The molecule has 0 atom stereocenters. The average molecular weight is 455 g/mol. The average Bonchev–Trinajstić information content (AvgIpc) is 2.85. The lowest BCUT2D eigenvalue weighted by atomic mass is 10.3. The number of nitrogens with zero attached hydrogens (tertiary/aromatic N) is 2. The highest BCUT2D eigenvalue weighted by molar-refractivity contribution is 8.87. The Morgan fingerprint density at radius 2 is 0.750 bits per heavy atom. The molecule has 158 valence electrons. The zero-order valence-electron chi connectivity index (χ0n) is 17.3. The first-order valence-electron chi connectivity index (χ1n) is 10.1. The van der Waals surface area contributed by atoms with Crippen molar-refractivity contribution in [1.29, 1.82) is 0 Å². The Kier molecular flexibility index (Phi) is 8.01. The van der Waals surface area contributed by atoms with Gasteiger partial charge in [0.05, 0.1) is 11.4 Å². The fourth-order valence-corrected chi connectivity index (χ4v) is 4.45. The lowest BCUT2D eigenvalue weighted by molar-refractivity contribution is 1.51. The van der Waals surface area contributed by atoms with Crippen molar-refractivity contribution in [1.82, 2.24) is 0 Å². The van der Waals surface area contributed by atoms with Crippen LogP contribution in [-0.2, 0) is 0 Å². The number of rotatable bonds is 4. The fourth-order valence-electron chi connectivity index (χ4n) is 2.74. The molecule has 6 heteroatoms. The minimum absolute atomic E-state index is 0.767. The Balaban J connectivity index is 1.57. The SMILES string of the molecule is c1ccc(N=C(Nc2ccccc2)SSC(=Nc2ccccc2)Nc2ccccc2)cc1. The highest BCUT2D eigenvalue weighted by Crippen LogP contribution is 2.30. The van der Waals surface area contributed by atoms with Gasteiger partial charge < -0.3 is 10.6 Å². The molecule has 0 spiro atoms. The third kappa shape index (κ3) is 7.04. The summed E-state index contributed by atoms with van der Waals surface area (Å²) in [4.78, 5) is 9.61. The predicted octanol–water partition coefficient (Wildman–Crippen LogP) is 7.97. The van der Waals surface area contributed by atoms with Crippen molar-refractivity contribution < 1.29 is 0 Å². The van der Waals surface area contributed by atoms with Crippen molar-refractivity contribution in [3.05, 3.63) is 121 Å². The quantitative estimate of drug-likeness (QED) is 0.186. The zero-order valence-corrected chi connectivity index (χ0v) is 18.9. The molecule has 0 saturated heterocycles. The number of anilines is 2. The summed E-state index contributed by atoms with van der Waals surface area (Å²) in [6, 6.07) is 39.9. The van der Waals surface area contributed by atoms with Gasteiger partial charge in [-0.05, 0) is 70.1 Å². The number of aliphatic imine (C=N–C) groups is 2. The topological polar surface area (TPSA) is 48.8 Å². The van der Waals surface area contributed by atoms with E-state index >= 15 is 0 Å². The first kappa shape index (κ1) is 21.7. The summed E-state index contributed by atoms with van der Waals surface area (Å²) >= 11 is 0. The van der Waals surface area contributed by atoms with Crippen LogP contribution in [0.5, 0.6) is 0 Å². The van der Waals surface area contributed by atoms with Gasteiger partial charge >= 0.3 is 0 Å². The van der Waals surface area contributed by atoms with Gasteiger partial charge in [-0.2, -0.15) is 0 Å².